The van der Waals surface area contributed by atoms with E-state index in [-0.39, 0.29) is 0 Å². The molecular weight excluding hydrogens is 200 g/mol. The number of nitrogens with two attached hydrogens (primary N) is 1. The van der Waals surface area contributed by atoms with Crippen LogP contribution in [0.25, 0.3) is 0 Å². The lowest BCUT2D eigenvalue weighted by atomic mass is 10.2. The molecule has 4 nitrogen and oxygen atoms in total. The molecular formula is C12H10N4. The fourth-order valence-electron chi connectivity index (χ4n) is 1.34. The number of hydrogen-bond acceptors (Lipinski definition) is 4. The molecule has 16 heavy (non-hydrogen) atoms. The Bertz CT molecular complexity index is 528. The van der Waals surface area contributed by atoms with Crippen LogP contribution in [0.15, 0.2) is 42.7 Å². The van der Waals surface area contributed by atoms with Gasteiger partial charge in [0.05, 0.1) is 23.0 Å². The largest absolute Gasteiger partial charge is 0.397 e. The van der Waals surface area contributed by atoms with E-state index in [0.717, 1.165) is 11.4 Å². The molecule has 1 heterocycles. The predicted molar refractivity (Wildman–Crippen MR) is 63.1 cm³/mol. The second-order valence-corrected chi connectivity index (χ2v) is 3.27. The van der Waals surface area contributed by atoms with E-state index in [1.165, 1.54) is 0 Å². The Morgan fingerprint density at radius 1 is 1.19 bits per heavy atom. The molecule has 1 aromatic heterocycles. The topological polar surface area (TPSA) is 74.7 Å². The molecule has 1 aromatic carbocycles. The van der Waals surface area contributed by atoms with Gasteiger partial charge in [0.25, 0.3) is 0 Å². The summed E-state index contributed by atoms with van der Waals surface area (Å²) < 4.78 is 0. The molecule has 78 valence electrons. The molecule has 0 aliphatic rings. The van der Waals surface area contributed by atoms with Crippen molar-refractivity contribution < 1.29 is 0 Å². The highest BCUT2D eigenvalue weighted by Gasteiger charge is 2.00. The van der Waals surface area contributed by atoms with Crippen molar-refractivity contribution in [1.29, 1.82) is 5.26 Å². The van der Waals surface area contributed by atoms with E-state index < -0.39 is 0 Å². The zero-order valence-electron chi connectivity index (χ0n) is 8.51. The fourth-order valence-corrected chi connectivity index (χ4v) is 1.34. The molecule has 0 saturated heterocycles. The zero-order valence-corrected chi connectivity index (χ0v) is 8.51. The summed E-state index contributed by atoms with van der Waals surface area (Å²) in [5.74, 6) is 0. The molecule has 2 aromatic rings. The van der Waals surface area contributed by atoms with Crippen LogP contribution in [0.4, 0.5) is 17.1 Å². The fraction of sp³-hybridized carbons (Fsp3) is 0. The van der Waals surface area contributed by atoms with Crippen LogP contribution in [0, 0.1) is 11.3 Å². The Hall–Kier alpha value is -2.54. The van der Waals surface area contributed by atoms with Crippen LogP contribution >= 0.6 is 0 Å². The zero-order chi connectivity index (χ0) is 11.4. The second kappa shape index (κ2) is 4.32. The number of nitrogens with one attached hydrogen (secondary N) is 1. The summed E-state index contributed by atoms with van der Waals surface area (Å²) in [5, 5.41) is 11.9. The maximum absolute atomic E-state index is 8.71. The Balaban J connectivity index is 2.27. The van der Waals surface area contributed by atoms with Crippen LogP contribution < -0.4 is 11.1 Å². The Kier molecular flexibility index (Phi) is 2.70. The normalized spacial score (nSPS) is 9.44. The SMILES string of the molecule is N#Cc1ccc(Nc2ccncc2)c(N)c1. The van der Waals surface area contributed by atoms with Gasteiger partial charge in [-0.15, -0.1) is 0 Å². The van der Waals surface area contributed by atoms with Gasteiger partial charge in [-0.3, -0.25) is 4.98 Å². The number of aromatic nitrogens is 1. The number of pyridine rings is 1. The summed E-state index contributed by atoms with van der Waals surface area (Å²) in [6.07, 6.45) is 3.39. The van der Waals surface area contributed by atoms with Gasteiger partial charge in [-0.25, -0.2) is 0 Å². The summed E-state index contributed by atoms with van der Waals surface area (Å²) in [5.41, 5.74) is 8.61. The number of rotatable bonds is 2. The van der Waals surface area contributed by atoms with Crippen LogP contribution in [-0.4, -0.2) is 4.98 Å². The van der Waals surface area contributed by atoms with Gasteiger partial charge in [-0.2, -0.15) is 5.26 Å². The van der Waals surface area contributed by atoms with Crippen LogP contribution in [0.5, 0.6) is 0 Å². The summed E-state index contributed by atoms with van der Waals surface area (Å²) in [4.78, 5) is 3.92. The molecule has 2 rings (SSSR count). The minimum Gasteiger partial charge on any atom is -0.397 e. The van der Waals surface area contributed by atoms with Crippen LogP contribution in [-0.2, 0) is 0 Å². The lowest BCUT2D eigenvalue weighted by molar-refractivity contribution is 1.32. The maximum Gasteiger partial charge on any atom is 0.0992 e. The van der Waals surface area contributed by atoms with E-state index in [9.17, 15) is 0 Å². The minimum atomic E-state index is 0.552. The van der Waals surface area contributed by atoms with Crippen LogP contribution in [0.1, 0.15) is 5.56 Å². The van der Waals surface area contributed by atoms with Crippen molar-refractivity contribution >= 4 is 17.1 Å². The number of nitrogens with zero attached hydrogens (tertiary/aromatic N) is 2. The van der Waals surface area contributed by atoms with E-state index in [1.54, 1.807) is 30.6 Å². The number of nitrogen functional groups attached to an aromatic ring is 1. The summed E-state index contributed by atoms with van der Waals surface area (Å²) in [7, 11) is 0. The maximum atomic E-state index is 8.71. The van der Waals surface area contributed by atoms with Crippen molar-refractivity contribution in [1.82, 2.24) is 4.98 Å². The molecule has 0 atom stereocenters. The van der Waals surface area contributed by atoms with E-state index in [2.05, 4.69) is 10.3 Å². The van der Waals surface area contributed by atoms with Gasteiger partial charge in [0.2, 0.25) is 0 Å². The molecule has 0 radical (unpaired) electrons. The lowest BCUT2D eigenvalue weighted by Gasteiger charge is -2.08. The van der Waals surface area contributed by atoms with Gasteiger partial charge in [0, 0.05) is 18.1 Å². The first-order valence-corrected chi connectivity index (χ1v) is 4.76. The van der Waals surface area contributed by atoms with E-state index >= 15 is 0 Å². The first kappa shape index (κ1) is 9.99. The van der Waals surface area contributed by atoms with Crippen molar-refractivity contribution in [2.45, 2.75) is 0 Å². The number of benzene rings is 1. The quantitative estimate of drug-likeness (QED) is 0.745. The van der Waals surface area contributed by atoms with E-state index in [4.69, 9.17) is 11.0 Å². The third-order valence-corrected chi connectivity index (χ3v) is 2.14. The molecule has 4 heteroatoms. The molecule has 0 aliphatic heterocycles. The van der Waals surface area contributed by atoms with Gasteiger partial charge < -0.3 is 11.1 Å². The van der Waals surface area contributed by atoms with Crippen molar-refractivity contribution in [3.63, 3.8) is 0 Å². The number of hydrogen-bond donors (Lipinski definition) is 2. The van der Waals surface area contributed by atoms with Crippen LogP contribution in [0.3, 0.4) is 0 Å². The number of nitriles is 1. The van der Waals surface area contributed by atoms with Crippen molar-refractivity contribution in [3.05, 3.63) is 48.3 Å². The van der Waals surface area contributed by atoms with Crippen LogP contribution in [0.2, 0.25) is 0 Å². The first-order valence-electron chi connectivity index (χ1n) is 4.76. The predicted octanol–water partition coefficient (Wildman–Crippen LogP) is 2.28. The molecule has 0 spiro atoms. The monoisotopic (exact) mass is 210 g/mol. The average molecular weight is 210 g/mol. The van der Waals surface area contributed by atoms with Gasteiger partial charge >= 0.3 is 0 Å². The molecule has 0 unspecified atom stereocenters. The van der Waals surface area contributed by atoms with Gasteiger partial charge in [0.1, 0.15) is 0 Å². The highest BCUT2D eigenvalue weighted by molar-refractivity contribution is 5.73. The van der Waals surface area contributed by atoms with Gasteiger partial charge in [-0.1, -0.05) is 0 Å². The van der Waals surface area contributed by atoms with E-state index in [1.807, 2.05) is 18.2 Å². The van der Waals surface area contributed by atoms with Crippen molar-refractivity contribution in [3.8, 4) is 6.07 Å². The standard InChI is InChI=1S/C12H10N4/c13-8-9-1-2-12(11(14)7-9)16-10-3-5-15-6-4-10/h1-7H,14H2,(H,15,16). The van der Waals surface area contributed by atoms with Gasteiger partial charge in [0.15, 0.2) is 0 Å². The highest BCUT2D eigenvalue weighted by Crippen LogP contribution is 2.23. The molecule has 0 fully saturated rings. The Morgan fingerprint density at radius 3 is 2.56 bits per heavy atom. The highest BCUT2D eigenvalue weighted by atomic mass is 14.9. The second-order valence-electron chi connectivity index (χ2n) is 3.27. The third-order valence-electron chi connectivity index (χ3n) is 2.14. The van der Waals surface area contributed by atoms with Gasteiger partial charge in [-0.05, 0) is 30.3 Å². The molecule has 0 amide bonds. The summed E-state index contributed by atoms with van der Waals surface area (Å²) in [6, 6.07) is 10.9. The molecule has 0 aliphatic carbocycles. The third kappa shape index (κ3) is 2.10. The Morgan fingerprint density at radius 2 is 1.94 bits per heavy atom. The lowest BCUT2D eigenvalue weighted by Crippen LogP contribution is -1.96. The first-order chi connectivity index (χ1) is 7.79. The molecule has 0 bridgehead atoms. The summed E-state index contributed by atoms with van der Waals surface area (Å²) in [6.45, 7) is 0. The Labute approximate surface area is 93.4 Å². The van der Waals surface area contributed by atoms with Crippen molar-refractivity contribution in [2.75, 3.05) is 11.1 Å². The molecule has 3 N–H and O–H groups in total. The molecule has 0 saturated carbocycles. The smallest absolute Gasteiger partial charge is 0.0992 e. The van der Waals surface area contributed by atoms with E-state index in [0.29, 0.717) is 11.3 Å². The minimum absolute atomic E-state index is 0.552. The summed E-state index contributed by atoms with van der Waals surface area (Å²) >= 11 is 0. The number of anilines is 3. The van der Waals surface area contributed by atoms with Crippen molar-refractivity contribution in [2.24, 2.45) is 0 Å². The average Bonchev–Trinajstić information content (AvgIpc) is 2.33.